The number of alkyl halides is 1. The predicted molar refractivity (Wildman–Crippen MR) is 73.8 cm³/mol. The van der Waals surface area contributed by atoms with Gasteiger partial charge in [0, 0.05) is 29.6 Å². The van der Waals surface area contributed by atoms with Crippen molar-refractivity contribution < 1.29 is 4.74 Å². The highest BCUT2D eigenvalue weighted by atomic mass is 79.9. The molecule has 0 spiro atoms. The summed E-state index contributed by atoms with van der Waals surface area (Å²) in [6.07, 6.45) is 4.30. The van der Waals surface area contributed by atoms with E-state index in [2.05, 4.69) is 25.8 Å². The predicted octanol–water partition coefficient (Wildman–Crippen LogP) is 3.07. The Balaban J connectivity index is 1.84. The van der Waals surface area contributed by atoms with E-state index in [0.717, 1.165) is 36.2 Å². The summed E-state index contributed by atoms with van der Waals surface area (Å²) in [6.45, 7) is 2.66. The standard InChI is InChI=1S/C12H16BrClN2O/c13-10-1-2-12(15-9-10)16-6-3-11(4-7-16)17-8-5-14/h1-2,9,11H,3-8H2. The van der Waals surface area contributed by atoms with Gasteiger partial charge in [0.2, 0.25) is 0 Å². The zero-order valence-electron chi connectivity index (χ0n) is 9.61. The Labute approximate surface area is 115 Å². The first-order chi connectivity index (χ1) is 8.29. The lowest BCUT2D eigenvalue weighted by atomic mass is 10.1. The Morgan fingerprint density at radius 3 is 2.76 bits per heavy atom. The van der Waals surface area contributed by atoms with E-state index in [1.165, 1.54) is 0 Å². The first-order valence-electron chi connectivity index (χ1n) is 5.83. The van der Waals surface area contributed by atoms with Gasteiger partial charge in [0.15, 0.2) is 0 Å². The summed E-state index contributed by atoms with van der Waals surface area (Å²) < 4.78 is 6.66. The van der Waals surface area contributed by atoms with Gasteiger partial charge in [-0.05, 0) is 40.9 Å². The van der Waals surface area contributed by atoms with Crippen molar-refractivity contribution in [2.24, 2.45) is 0 Å². The molecular formula is C12H16BrClN2O. The van der Waals surface area contributed by atoms with Crippen LogP contribution in [0.15, 0.2) is 22.8 Å². The van der Waals surface area contributed by atoms with Crippen molar-refractivity contribution >= 4 is 33.3 Å². The zero-order valence-corrected chi connectivity index (χ0v) is 12.0. The fourth-order valence-electron chi connectivity index (χ4n) is 2.02. The SMILES string of the molecule is ClCCOC1CCN(c2ccc(Br)cn2)CC1. The molecule has 1 fully saturated rings. The molecule has 0 atom stereocenters. The number of hydrogen-bond acceptors (Lipinski definition) is 3. The second-order valence-electron chi connectivity index (χ2n) is 4.08. The molecule has 0 N–H and O–H groups in total. The van der Waals surface area contributed by atoms with Gasteiger partial charge in [-0.2, -0.15) is 0 Å². The quantitative estimate of drug-likeness (QED) is 0.798. The molecule has 0 aromatic carbocycles. The number of nitrogens with zero attached hydrogens (tertiary/aromatic N) is 2. The Morgan fingerprint density at radius 2 is 2.18 bits per heavy atom. The molecule has 1 aromatic rings. The van der Waals surface area contributed by atoms with Gasteiger partial charge in [0.25, 0.3) is 0 Å². The van der Waals surface area contributed by atoms with Crippen LogP contribution in [-0.2, 0) is 4.74 Å². The lowest BCUT2D eigenvalue weighted by Gasteiger charge is -2.32. The van der Waals surface area contributed by atoms with E-state index < -0.39 is 0 Å². The van der Waals surface area contributed by atoms with E-state index in [4.69, 9.17) is 16.3 Å². The summed E-state index contributed by atoms with van der Waals surface area (Å²) in [6, 6.07) is 4.07. The molecule has 0 saturated carbocycles. The van der Waals surface area contributed by atoms with Crippen molar-refractivity contribution in [3.05, 3.63) is 22.8 Å². The monoisotopic (exact) mass is 318 g/mol. The number of aromatic nitrogens is 1. The van der Waals surface area contributed by atoms with Crippen LogP contribution in [0.5, 0.6) is 0 Å². The lowest BCUT2D eigenvalue weighted by molar-refractivity contribution is 0.0471. The van der Waals surface area contributed by atoms with Gasteiger partial charge in [-0.1, -0.05) is 0 Å². The Morgan fingerprint density at radius 1 is 1.41 bits per heavy atom. The van der Waals surface area contributed by atoms with Gasteiger partial charge < -0.3 is 9.64 Å². The molecule has 2 heterocycles. The molecule has 0 aliphatic carbocycles. The molecule has 0 radical (unpaired) electrons. The molecular weight excluding hydrogens is 304 g/mol. The second kappa shape index (κ2) is 6.57. The third-order valence-electron chi connectivity index (χ3n) is 2.91. The minimum Gasteiger partial charge on any atom is -0.377 e. The molecule has 2 rings (SSSR count). The van der Waals surface area contributed by atoms with Gasteiger partial charge in [-0.25, -0.2) is 4.98 Å². The smallest absolute Gasteiger partial charge is 0.128 e. The molecule has 1 aliphatic rings. The molecule has 1 aliphatic heterocycles. The highest BCUT2D eigenvalue weighted by molar-refractivity contribution is 9.10. The highest BCUT2D eigenvalue weighted by Crippen LogP contribution is 2.20. The van der Waals surface area contributed by atoms with E-state index >= 15 is 0 Å². The first kappa shape index (κ1) is 13.1. The normalized spacial score (nSPS) is 17.4. The Kier molecular flexibility index (Phi) is 5.07. The van der Waals surface area contributed by atoms with Crippen LogP contribution in [-0.4, -0.2) is 36.7 Å². The van der Waals surface area contributed by atoms with Gasteiger partial charge >= 0.3 is 0 Å². The minimum absolute atomic E-state index is 0.362. The molecule has 3 nitrogen and oxygen atoms in total. The van der Waals surface area contributed by atoms with Crippen molar-refractivity contribution in [3.8, 4) is 0 Å². The fraction of sp³-hybridized carbons (Fsp3) is 0.583. The lowest BCUT2D eigenvalue weighted by Crippen LogP contribution is -2.37. The number of piperidine rings is 1. The average Bonchev–Trinajstić information content (AvgIpc) is 2.38. The zero-order chi connectivity index (χ0) is 12.1. The van der Waals surface area contributed by atoms with Crippen molar-refractivity contribution in [3.63, 3.8) is 0 Å². The van der Waals surface area contributed by atoms with Crippen LogP contribution in [0.3, 0.4) is 0 Å². The van der Waals surface area contributed by atoms with Crippen molar-refractivity contribution in [2.75, 3.05) is 30.5 Å². The van der Waals surface area contributed by atoms with Crippen LogP contribution in [0.1, 0.15) is 12.8 Å². The number of pyridine rings is 1. The summed E-state index contributed by atoms with van der Waals surface area (Å²) in [5.41, 5.74) is 0. The number of ether oxygens (including phenoxy) is 1. The summed E-state index contributed by atoms with van der Waals surface area (Å²) in [5, 5.41) is 0. The first-order valence-corrected chi connectivity index (χ1v) is 7.16. The fourth-order valence-corrected chi connectivity index (χ4v) is 2.34. The molecule has 1 saturated heterocycles. The number of halogens is 2. The van der Waals surface area contributed by atoms with Gasteiger partial charge in [0.05, 0.1) is 12.7 Å². The van der Waals surface area contributed by atoms with Gasteiger partial charge in [-0.15, -0.1) is 11.6 Å². The molecule has 0 unspecified atom stereocenters. The third kappa shape index (κ3) is 3.83. The largest absolute Gasteiger partial charge is 0.377 e. The van der Waals surface area contributed by atoms with Crippen molar-refractivity contribution in [1.29, 1.82) is 0 Å². The second-order valence-corrected chi connectivity index (χ2v) is 5.37. The number of rotatable bonds is 4. The number of anilines is 1. The van der Waals surface area contributed by atoms with Crippen LogP contribution in [0.25, 0.3) is 0 Å². The van der Waals surface area contributed by atoms with E-state index in [0.29, 0.717) is 18.6 Å². The summed E-state index contributed by atoms with van der Waals surface area (Å²) >= 11 is 9.00. The number of hydrogen-bond donors (Lipinski definition) is 0. The summed E-state index contributed by atoms with van der Waals surface area (Å²) in [4.78, 5) is 6.70. The average molecular weight is 320 g/mol. The Bertz CT molecular complexity index is 339. The molecule has 5 heteroatoms. The summed E-state index contributed by atoms with van der Waals surface area (Å²) in [5.74, 6) is 1.62. The van der Waals surface area contributed by atoms with E-state index in [1.807, 2.05) is 18.3 Å². The van der Waals surface area contributed by atoms with Crippen molar-refractivity contribution in [1.82, 2.24) is 4.98 Å². The van der Waals surface area contributed by atoms with Gasteiger partial charge in [-0.3, -0.25) is 0 Å². The van der Waals surface area contributed by atoms with Crippen LogP contribution < -0.4 is 4.90 Å². The van der Waals surface area contributed by atoms with Crippen LogP contribution >= 0.6 is 27.5 Å². The minimum atomic E-state index is 0.362. The van der Waals surface area contributed by atoms with Crippen LogP contribution in [0, 0.1) is 0 Å². The maximum Gasteiger partial charge on any atom is 0.128 e. The maximum atomic E-state index is 5.65. The molecule has 17 heavy (non-hydrogen) atoms. The molecule has 1 aromatic heterocycles. The van der Waals surface area contributed by atoms with E-state index in [9.17, 15) is 0 Å². The Hall–Kier alpha value is -0.320. The molecule has 94 valence electrons. The van der Waals surface area contributed by atoms with Crippen LogP contribution in [0.2, 0.25) is 0 Å². The molecule has 0 bridgehead atoms. The topological polar surface area (TPSA) is 25.4 Å². The van der Waals surface area contributed by atoms with E-state index in [1.54, 1.807) is 0 Å². The maximum absolute atomic E-state index is 5.65. The van der Waals surface area contributed by atoms with Gasteiger partial charge in [0.1, 0.15) is 5.82 Å². The van der Waals surface area contributed by atoms with Crippen LogP contribution in [0.4, 0.5) is 5.82 Å². The highest BCUT2D eigenvalue weighted by Gasteiger charge is 2.20. The third-order valence-corrected chi connectivity index (χ3v) is 3.53. The van der Waals surface area contributed by atoms with E-state index in [-0.39, 0.29) is 0 Å². The van der Waals surface area contributed by atoms with Crippen molar-refractivity contribution in [2.45, 2.75) is 18.9 Å². The summed E-state index contributed by atoms with van der Waals surface area (Å²) in [7, 11) is 0. The molecule has 0 amide bonds.